The van der Waals surface area contributed by atoms with Crippen molar-refractivity contribution in [2.24, 2.45) is 5.92 Å². The van der Waals surface area contributed by atoms with Crippen molar-refractivity contribution in [2.45, 2.75) is 25.6 Å². The molecule has 1 N–H and O–H groups in total. The third-order valence-electron chi connectivity index (χ3n) is 3.46. The lowest BCUT2D eigenvalue weighted by Crippen LogP contribution is -2.41. The van der Waals surface area contributed by atoms with Crippen LogP contribution in [0, 0.1) is 5.92 Å². The number of nitrogens with one attached hydrogen (secondary N) is 1. The minimum Gasteiger partial charge on any atom is -0.388 e. The first-order valence-corrected chi connectivity index (χ1v) is 6.41. The number of aromatic nitrogens is 1. The Morgan fingerprint density at radius 1 is 1.47 bits per heavy atom. The van der Waals surface area contributed by atoms with Crippen LogP contribution in [-0.2, 0) is 6.54 Å². The summed E-state index contributed by atoms with van der Waals surface area (Å²) in [5.41, 5.74) is 1.73. The highest BCUT2D eigenvalue weighted by molar-refractivity contribution is 5.42. The largest absolute Gasteiger partial charge is 0.393 e. The van der Waals surface area contributed by atoms with Gasteiger partial charge in [0.15, 0.2) is 0 Å². The van der Waals surface area contributed by atoms with Gasteiger partial charge in [-0.25, -0.2) is 0 Å². The van der Waals surface area contributed by atoms with Crippen molar-refractivity contribution in [1.82, 2.24) is 9.88 Å². The SMILES string of the molecule is CNc1ccnc(CN2CCCC(C(F)(F)F)C2)c1. The van der Waals surface area contributed by atoms with Crippen LogP contribution in [0.2, 0.25) is 0 Å². The van der Waals surface area contributed by atoms with E-state index >= 15 is 0 Å². The van der Waals surface area contributed by atoms with Crippen molar-refractivity contribution in [3.05, 3.63) is 24.0 Å². The Labute approximate surface area is 110 Å². The molecule has 1 saturated heterocycles. The lowest BCUT2D eigenvalue weighted by molar-refractivity contribution is -0.187. The number of rotatable bonds is 3. The molecule has 6 heteroatoms. The molecule has 19 heavy (non-hydrogen) atoms. The fourth-order valence-electron chi connectivity index (χ4n) is 2.42. The highest BCUT2D eigenvalue weighted by Gasteiger charge is 2.41. The van der Waals surface area contributed by atoms with Crippen molar-refractivity contribution in [1.29, 1.82) is 0 Å². The van der Waals surface area contributed by atoms with E-state index in [2.05, 4.69) is 10.3 Å². The molecule has 106 valence electrons. The Balaban J connectivity index is 1.98. The summed E-state index contributed by atoms with van der Waals surface area (Å²) in [4.78, 5) is 6.04. The van der Waals surface area contributed by atoms with Crippen LogP contribution in [0.25, 0.3) is 0 Å². The van der Waals surface area contributed by atoms with Crippen molar-refractivity contribution < 1.29 is 13.2 Å². The van der Waals surface area contributed by atoms with Crippen LogP contribution in [0.5, 0.6) is 0 Å². The lowest BCUT2D eigenvalue weighted by atomic mass is 9.97. The van der Waals surface area contributed by atoms with Gasteiger partial charge in [0.2, 0.25) is 0 Å². The molecule has 1 aliphatic rings. The molecule has 1 aromatic rings. The second-order valence-corrected chi connectivity index (χ2v) is 4.90. The van der Waals surface area contributed by atoms with E-state index in [-0.39, 0.29) is 13.0 Å². The topological polar surface area (TPSA) is 28.2 Å². The zero-order valence-electron chi connectivity index (χ0n) is 10.9. The summed E-state index contributed by atoms with van der Waals surface area (Å²) in [5.74, 6) is -1.20. The number of halogens is 3. The molecule has 3 nitrogen and oxygen atoms in total. The molecular formula is C13H18F3N3. The van der Waals surface area contributed by atoms with Crippen LogP contribution in [0.3, 0.4) is 0 Å². The van der Waals surface area contributed by atoms with Crippen LogP contribution in [0.4, 0.5) is 18.9 Å². The number of alkyl halides is 3. The molecule has 1 unspecified atom stereocenters. The Hall–Kier alpha value is -1.30. The summed E-state index contributed by atoms with van der Waals surface area (Å²) in [5, 5.41) is 3.00. The highest BCUT2D eigenvalue weighted by atomic mass is 19.4. The van der Waals surface area contributed by atoms with Gasteiger partial charge in [-0.3, -0.25) is 9.88 Å². The molecule has 0 radical (unpaired) electrons. The Bertz CT molecular complexity index is 420. The zero-order valence-corrected chi connectivity index (χ0v) is 10.9. The molecule has 1 aromatic heterocycles. The number of pyridine rings is 1. The molecule has 0 bridgehead atoms. The standard InChI is InChI=1S/C13H18F3N3/c1-17-11-4-5-18-12(7-11)9-19-6-2-3-10(8-19)13(14,15)16/h4-5,7,10H,2-3,6,8-9H2,1H3,(H,17,18). The van der Waals surface area contributed by atoms with Crippen molar-refractivity contribution in [2.75, 3.05) is 25.5 Å². The van der Waals surface area contributed by atoms with E-state index < -0.39 is 12.1 Å². The van der Waals surface area contributed by atoms with Crippen LogP contribution in [0.1, 0.15) is 18.5 Å². The van der Waals surface area contributed by atoms with E-state index in [1.807, 2.05) is 17.0 Å². The Morgan fingerprint density at radius 3 is 2.95 bits per heavy atom. The smallest absolute Gasteiger partial charge is 0.388 e. The predicted molar refractivity (Wildman–Crippen MR) is 67.8 cm³/mol. The fraction of sp³-hybridized carbons (Fsp3) is 0.615. The van der Waals surface area contributed by atoms with E-state index in [4.69, 9.17) is 0 Å². The quantitative estimate of drug-likeness (QED) is 0.918. The van der Waals surface area contributed by atoms with Crippen LogP contribution < -0.4 is 5.32 Å². The molecular weight excluding hydrogens is 255 g/mol. The van der Waals surface area contributed by atoms with Gasteiger partial charge in [0.1, 0.15) is 0 Å². The average molecular weight is 273 g/mol. The monoisotopic (exact) mass is 273 g/mol. The predicted octanol–water partition coefficient (Wildman–Crippen LogP) is 2.90. The van der Waals surface area contributed by atoms with E-state index in [1.54, 1.807) is 13.2 Å². The normalized spacial score (nSPS) is 21.4. The van der Waals surface area contributed by atoms with E-state index in [9.17, 15) is 13.2 Å². The van der Waals surface area contributed by atoms with Gasteiger partial charge in [-0.15, -0.1) is 0 Å². The number of hydrogen-bond acceptors (Lipinski definition) is 3. The van der Waals surface area contributed by atoms with Gasteiger partial charge < -0.3 is 5.32 Å². The van der Waals surface area contributed by atoms with Crippen LogP contribution in [0.15, 0.2) is 18.3 Å². The second kappa shape index (κ2) is 5.77. The van der Waals surface area contributed by atoms with Gasteiger partial charge in [0, 0.05) is 32.0 Å². The molecule has 1 aliphatic heterocycles. The van der Waals surface area contributed by atoms with E-state index in [0.717, 1.165) is 11.4 Å². The third-order valence-corrected chi connectivity index (χ3v) is 3.46. The van der Waals surface area contributed by atoms with Crippen molar-refractivity contribution >= 4 is 5.69 Å². The first kappa shape index (κ1) is 14.1. The lowest BCUT2D eigenvalue weighted by Gasteiger charge is -2.33. The summed E-state index contributed by atoms with van der Waals surface area (Å²) in [7, 11) is 1.81. The maximum Gasteiger partial charge on any atom is 0.393 e. The number of piperidine rings is 1. The van der Waals surface area contributed by atoms with E-state index in [1.165, 1.54) is 0 Å². The number of hydrogen-bond donors (Lipinski definition) is 1. The molecule has 0 amide bonds. The van der Waals surface area contributed by atoms with Gasteiger partial charge in [-0.05, 0) is 31.5 Å². The zero-order chi connectivity index (χ0) is 13.9. The molecule has 1 atom stereocenters. The molecule has 2 heterocycles. The first-order chi connectivity index (χ1) is 8.99. The minimum atomic E-state index is -4.08. The number of nitrogens with zero attached hydrogens (tertiary/aromatic N) is 2. The fourth-order valence-corrected chi connectivity index (χ4v) is 2.42. The maximum atomic E-state index is 12.7. The summed E-state index contributed by atoms with van der Waals surface area (Å²) in [6, 6.07) is 3.70. The second-order valence-electron chi connectivity index (χ2n) is 4.90. The van der Waals surface area contributed by atoms with Gasteiger partial charge >= 0.3 is 6.18 Å². The minimum absolute atomic E-state index is 0.0783. The molecule has 0 spiro atoms. The molecule has 2 rings (SSSR count). The van der Waals surface area contributed by atoms with Crippen LogP contribution in [-0.4, -0.2) is 36.2 Å². The number of anilines is 1. The molecule has 0 saturated carbocycles. The first-order valence-electron chi connectivity index (χ1n) is 6.41. The van der Waals surface area contributed by atoms with Crippen molar-refractivity contribution in [3.8, 4) is 0 Å². The maximum absolute atomic E-state index is 12.7. The Morgan fingerprint density at radius 2 is 2.26 bits per heavy atom. The third kappa shape index (κ3) is 3.83. The Kier molecular flexibility index (Phi) is 4.29. The van der Waals surface area contributed by atoms with E-state index in [0.29, 0.717) is 19.5 Å². The molecule has 0 aromatic carbocycles. The summed E-state index contributed by atoms with van der Waals surface area (Å²) >= 11 is 0. The van der Waals surface area contributed by atoms with Crippen LogP contribution >= 0.6 is 0 Å². The highest BCUT2D eigenvalue weighted by Crippen LogP contribution is 2.33. The summed E-state index contributed by atoms with van der Waals surface area (Å²) < 4.78 is 38.2. The van der Waals surface area contributed by atoms with Gasteiger partial charge in [0.25, 0.3) is 0 Å². The molecule has 1 fully saturated rings. The summed E-state index contributed by atoms with van der Waals surface area (Å²) in [6.45, 7) is 1.26. The molecule has 0 aliphatic carbocycles. The average Bonchev–Trinajstić information content (AvgIpc) is 2.38. The number of likely N-dealkylation sites (tertiary alicyclic amines) is 1. The van der Waals surface area contributed by atoms with Gasteiger partial charge in [-0.2, -0.15) is 13.2 Å². The van der Waals surface area contributed by atoms with Crippen molar-refractivity contribution in [3.63, 3.8) is 0 Å². The van der Waals surface area contributed by atoms with Gasteiger partial charge in [-0.1, -0.05) is 0 Å². The van der Waals surface area contributed by atoms with Gasteiger partial charge in [0.05, 0.1) is 11.6 Å². The summed E-state index contributed by atoms with van der Waals surface area (Å²) in [6.07, 6.45) is -1.58.